The van der Waals surface area contributed by atoms with Gasteiger partial charge in [0.15, 0.2) is 0 Å². The van der Waals surface area contributed by atoms with Crippen LogP contribution in [-0.4, -0.2) is 61.4 Å². The van der Waals surface area contributed by atoms with Crippen molar-refractivity contribution in [3.63, 3.8) is 0 Å². The van der Waals surface area contributed by atoms with Crippen molar-refractivity contribution in [1.82, 2.24) is 9.21 Å². The largest absolute Gasteiger partial charge is 0.395 e. The Morgan fingerprint density at radius 2 is 1.84 bits per heavy atom. The maximum Gasteiger partial charge on any atom is 0.246 e. The SMILES string of the molecule is CCN(CCO)C(=O)C1CCN(S(=O)(=O)c2c(Cl)cccc2Cl)CC1. The first-order valence-electron chi connectivity index (χ1n) is 8.16. The molecule has 6 nitrogen and oxygen atoms in total. The van der Waals surface area contributed by atoms with Gasteiger partial charge in [-0.05, 0) is 31.9 Å². The van der Waals surface area contributed by atoms with Gasteiger partial charge in [0.2, 0.25) is 15.9 Å². The molecule has 1 N–H and O–H groups in total. The van der Waals surface area contributed by atoms with Gasteiger partial charge < -0.3 is 10.0 Å². The fraction of sp³-hybridized carbons (Fsp3) is 0.562. The molecule has 1 saturated heterocycles. The lowest BCUT2D eigenvalue weighted by Gasteiger charge is -2.33. The Bertz CT molecular complexity index is 699. The molecule has 9 heteroatoms. The average Bonchev–Trinajstić information content (AvgIpc) is 2.59. The topological polar surface area (TPSA) is 77.9 Å². The first kappa shape index (κ1) is 20.5. The number of rotatable bonds is 6. The van der Waals surface area contributed by atoms with E-state index in [-0.39, 0.29) is 46.5 Å². The molecule has 1 aromatic carbocycles. The van der Waals surface area contributed by atoms with Crippen LogP contribution in [0.25, 0.3) is 0 Å². The molecule has 0 unspecified atom stereocenters. The summed E-state index contributed by atoms with van der Waals surface area (Å²) >= 11 is 12.1. The lowest BCUT2D eigenvalue weighted by atomic mass is 9.96. The second-order valence-corrected chi connectivity index (χ2v) is 8.56. The number of carbonyl (C=O) groups excluding carboxylic acids is 1. The fourth-order valence-electron chi connectivity index (χ4n) is 3.00. The van der Waals surface area contributed by atoms with E-state index >= 15 is 0 Å². The van der Waals surface area contributed by atoms with Crippen LogP contribution in [-0.2, 0) is 14.8 Å². The van der Waals surface area contributed by atoms with E-state index in [1.165, 1.54) is 16.4 Å². The van der Waals surface area contributed by atoms with E-state index in [4.69, 9.17) is 28.3 Å². The number of benzene rings is 1. The highest BCUT2D eigenvalue weighted by atomic mass is 35.5. The van der Waals surface area contributed by atoms with E-state index in [9.17, 15) is 13.2 Å². The normalized spacial score (nSPS) is 16.8. The molecular formula is C16H22Cl2N2O4S. The Labute approximate surface area is 158 Å². The van der Waals surface area contributed by atoms with Crippen molar-refractivity contribution in [3.8, 4) is 0 Å². The molecule has 0 saturated carbocycles. The summed E-state index contributed by atoms with van der Waals surface area (Å²) in [5.41, 5.74) is 0. The second-order valence-electron chi connectivity index (χ2n) is 5.87. The molecule has 0 spiro atoms. The zero-order valence-electron chi connectivity index (χ0n) is 14.0. The van der Waals surface area contributed by atoms with Gasteiger partial charge >= 0.3 is 0 Å². The maximum atomic E-state index is 12.8. The fourth-order valence-corrected chi connectivity index (χ4v) is 5.57. The van der Waals surface area contributed by atoms with E-state index in [1.54, 1.807) is 11.0 Å². The monoisotopic (exact) mass is 408 g/mol. The Morgan fingerprint density at radius 1 is 1.28 bits per heavy atom. The molecule has 0 aliphatic carbocycles. The van der Waals surface area contributed by atoms with Crippen molar-refractivity contribution in [2.75, 3.05) is 32.8 Å². The molecule has 0 aromatic heterocycles. The summed E-state index contributed by atoms with van der Waals surface area (Å²) in [7, 11) is -3.80. The van der Waals surface area contributed by atoms with Crippen LogP contribution in [0.2, 0.25) is 10.0 Å². The number of likely N-dealkylation sites (N-methyl/N-ethyl adjacent to an activating group) is 1. The van der Waals surface area contributed by atoms with Crippen molar-refractivity contribution >= 4 is 39.1 Å². The molecule has 1 fully saturated rings. The minimum absolute atomic E-state index is 0.0376. The number of aliphatic hydroxyl groups is 1. The number of aliphatic hydroxyl groups excluding tert-OH is 1. The van der Waals surface area contributed by atoms with Gasteiger partial charge in [-0.15, -0.1) is 0 Å². The van der Waals surface area contributed by atoms with E-state index in [0.717, 1.165) is 0 Å². The summed E-state index contributed by atoms with van der Waals surface area (Å²) in [6.07, 6.45) is 0.865. The van der Waals surface area contributed by atoms with Gasteiger partial charge in [-0.3, -0.25) is 4.79 Å². The van der Waals surface area contributed by atoms with Crippen LogP contribution in [0.5, 0.6) is 0 Å². The van der Waals surface area contributed by atoms with Crippen LogP contribution in [0.15, 0.2) is 23.1 Å². The van der Waals surface area contributed by atoms with E-state index < -0.39 is 10.0 Å². The number of piperidine rings is 1. The van der Waals surface area contributed by atoms with Crippen molar-refractivity contribution in [2.45, 2.75) is 24.7 Å². The van der Waals surface area contributed by atoms with Gasteiger partial charge in [0.25, 0.3) is 0 Å². The predicted octanol–water partition coefficient (Wildman–Crippen LogP) is 2.23. The van der Waals surface area contributed by atoms with Crippen LogP contribution < -0.4 is 0 Å². The predicted molar refractivity (Wildman–Crippen MR) is 97.3 cm³/mol. The molecule has 140 valence electrons. The third-order valence-corrected chi connectivity index (χ3v) is 7.24. The molecule has 0 atom stereocenters. The van der Waals surface area contributed by atoms with Crippen molar-refractivity contribution in [3.05, 3.63) is 28.2 Å². The zero-order valence-corrected chi connectivity index (χ0v) is 16.3. The van der Waals surface area contributed by atoms with Crippen LogP contribution in [0.3, 0.4) is 0 Å². The van der Waals surface area contributed by atoms with Crippen LogP contribution in [0.1, 0.15) is 19.8 Å². The number of carbonyl (C=O) groups is 1. The van der Waals surface area contributed by atoms with Gasteiger partial charge in [0.1, 0.15) is 4.90 Å². The first-order chi connectivity index (χ1) is 11.8. The van der Waals surface area contributed by atoms with Crippen LogP contribution in [0.4, 0.5) is 0 Å². The summed E-state index contributed by atoms with van der Waals surface area (Å²) in [4.78, 5) is 14.0. The molecule has 25 heavy (non-hydrogen) atoms. The minimum atomic E-state index is -3.80. The van der Waals surface area contributed by atoms with Gasteiger partial charge in [-0.2, -0.15) is 4.31 Å². The smallest absolute Gasteiger partial charge is 0.246 e. The molecule has 2 rings (SSSR count). The molecule has 0 bridgehead atoms. The molecule has 1 aliphatic rings. The molecular weight excluding hydrogens is 387 g/mol. The highest BCUT2D eigenvalue weighted by Gasteiger charge is 2.35. The van der Waals surface area contributed by atoms with E-state index in [1.807, 2.05) is 6.92 Å². The summed E-state index contributed by atoms with van der Waals surface area (Å²) in [6, 6.07) is 4.57. The standard InChI is InChI=1S/C16H22Cl2N2O4S/c1-2-19(10-11-21)16(22)12-6-8-20(9-7-12)25(23,24)15-13(17)4-3-5-14(15)18/h3-5,12,21H,2,6-11H2,1H3. The lowest BCUT2D eigenvalue weighted by molar-refractivity contribution is -0.137. The molecule has 0 radical (unpaired) electrons. The Morgan fingerprint density at radius 3 is 2.32 bits per heavy atom. The summed E-state index contributed by atoms with van der Waals surface area (Å²) in [5, 5.41) is 9.21. The highest BCUT2D eigenvalue weighted by molar-refractivity contribution is 7.89. The van der Waals surface area contributed by atoms with Gasteiger partial charge in [0.05, 0.1) is 16.7 Å². The number of amides is 1. The number of hydrogen-bond acceptors (Lipinski definition) is 4. The van der Waals surface area contributed by atoms with Crippen molar-refractivity contribution in [2.24, 2.45) is 5.92 Å². The van der Waals surface area contributed by atoms with Gasteiger partial charge in [-0.25, -0.2) is 8.42 Å². The van der Waals surface area contributed by atoms with Gasteiger partial charge in [-0.1, -0.05) is 29.3 Å². The van der Waals surface area contributed by atoms with E-state index in [2.05, 4.69) is 0 Å². The van der Waals surface area contributed by atoms with E-state index in [0.29, 0.717) is 25.9 Å². The number of halogens is 2. The van der Waals surface area contributed by atoms with Crippen molar-refractivity contribution in [1.29, 1.82) is 0 Å². The maximum absolute atomic E-state index is 12.8. The summed E-state index contributed by atoms with van der Waals surface area (Å²) < 4.78 is 27.0. The number of nitrogens with zero attached hydrogens (tertiary/aromatic N) is 2. The summed E-state index contributed by atoms with van der Waals surface area (Å²) in [6.45, 7) is 3.05. The molecule has 1 amide bonds. The Hall–Kier alpha value is -0.860. The number of sulfonamides is 1. The van der Waals surface area contributed by atoms with Gasteiger partial charge in [0, 0.05) is 32.1 Å². The van der Waals surface area contributed by atoms with Crippen LogP contribution >= 0.6 is 23.2 Å². The second kappa shape index (κ2) is 8.68. The third kappa shape index (κ3) is 4.46. The Balaban J connectivity index is 2.10. The summed E-state index contributed by atoms with van der Waals surface area (Å²) in [5.74, 6) is -0.274. The molecule has 1 aliphatic heterocycles. The molecule has 1 heterocycles. The zero-order chi connectivity index (χ0) is 18.6. The quantitative estimate of drug-likeness (QED) is 0.782. The lowest BCUT2D eigenvalue weighted by Crippen LogP contribution is -2.45. The average molecular weight is 409 g/mol. The third-order valence-electron chi connectivity index (χ3n) is 4.38. The van der Waals surface area contributed by atoms with Crippen LogP contribution in [0, 0.1) is 5.92 Å². The van der Waals surface area contributed by atoms with Crippen molar-refractivity contribution < 1.29 is 18.3 Å². The first-order valence-corrected chi connectivity index (χ1v) is 10.4. The molecule has 1 aromatic rings. The highest BCUT2D eigenvalue weighted by Crippen LogP contribution is 2.33. The number of hydrogen-bond donors (Lipinski definition) is 1. The Kier molecular flexibility index (Phi) is 7.10. The minimum Gasteiger partial charge on any atom is -0.395 e.